The van der Waals surface area contributed by atoms with Crippen LogP contribution in [0.2, 0.25) is 0 Å². The molecule has 1 fully saturated rings. The van der Waals surface area contributed by atoms with Crippen LogP contribution in [0.3, 0.4) is 0 Å². The first kappa shape index (κ1) is 17.6. The normalized spacial score (nSPS) is 18.0. The van der Waals surface area contributed by atoms with Gasteiger partial charge in [0.25, 0.3) is 15.6 Å². The minimum Gasteiger partial charge on any atom is -0.370 e. The summed E-state index contributed by atoms with van der Waals surface area (Å²) < 4.78 is 30.3. The van der Waals surface area contributed by atoms with Crippen molar-refractivity contribution in [2.45, 2.75) is 18.4 Å². The maximum atomic E-state index is 12.3. The van der Waals surface area contributed by atoms with Crippen LogP contribution in [0.4, 0.5) is 5.69 Å². The Balaban J connectivity index is 1.61. The first-order chi connectivity index (χ1) is 11.8. The van der Waals surface area contributed by atoms with E-state index in [0.717, 1.165) is 18.7 Å². The number of hydrogen-bond donors (Lipinski definition) is 1. The Kier molecular flexibility index (Phi) is 4.65. The van der Waals surface area contributed by atoms with Crippen molar-refractivity contribution in [1.82, 2.24) is 24.1 Å². The molecular weight excluding hydrogens is 344 g/mol. The van der Waals surface area contributed by atoms with Crippen molar-refractivity contribution in [3.05, 3.63) is 34.6 Å². The number of rotatable bonds is 5. The van der Waals surface area contributed by atoms with E-state index in [0.29, 0.717) is 18.9 Å². The maximum Gasteiger partial charge on any atom is 0.268 e. The average molecular weight is 366 g/mol. The summed E-state index contributed by atoms with van der Waals surface area (Å²) in [6.45, 7) is 3.54. The highest BCUT2D eigenvalue weighted by atomic mass is 32.2. The number of aryl methyl sites for hydroxylation is 3. The van der Waals surface area contributed by atoms with Gasteiger partial charge in [0.15, 0.2) is 5.03 Å². The van der Waals surface area contributed by atoms with E-state index < -0.39 is 10.0 Å². The lowest BCUT2D eigenvalue weighted by Gasteiger charge is -2.18. The quantitative estimate of drug-likeness (QED) is 0.774. The molecule has 3 heterocycles. The summed E-state index contributed by atoms with van der Waals surface area (Å²) in [5, 5.41) is 4.06. The Morgan fingerprint density at radius 3 is 2.76 bits per heavy atom. The van der Waals surface area contributed by atoms with Gasteiger partial charge in [0.05, 0.1) is 11.9 Å². The highest BCUT2D eigenvalue weighted by Crippen LogP contribution is 2.22. The van der Waals surface area contributed by atoms with Gasteiger partial charge in [-0.1, -0.05) is 0 Å². The Hall–Kier alpha value is -2.20. The summed E-state index contributed by atoms with van der Waals surface area (Å²) in [4.78, 5) is 17.8. The third-order valence-electron chi connectivity index (χ3n) is 4.53. The van der Waals surface area contributed by atoms with Crippen LogP contribution in [-0.4, -0.2) is 47.4 Å². The van der Waals surface area contributed by atoms with Crippen molar-refractivity contribution in [2.75, 3.05) is 24.5 Å². The first-order valence-corrected chi connectivity index (χ1v) is 9.52. The summed E-state index contributed by atoms with van der Waals surface area (Å²) in [5.74, 6) is 0.814. The lowest BCUT2D eigenvalue weighted by atomic mass is 10.1. The van der Waals surface area contributed by atoms with Crippen molar-refractivity contribution in [3.8, 4) is 0 Å². The molecule has 0 saturated carbocycles. The number of nitrogens with one attached hydrogen (secondary N) is 1. The zero-order valence-corrected chi connectivity index (χ0v) is 15.3. The predicted octanol–water partition coefficient (Wildman–Crippen LogP) is -0.373. The van der Waals surface area contributed by atoms with Crippen LogP contribution in [0.15, 0.2) is 28.3 Å². The van der Waals surface area contributed by atoms with E-state index in [2.05, 4.69) is 19.7 Å². The Labute approximate surface area is 146 Å². The van der Waals surface area contributed by atoms with Gasteiger partial charge in [-0.15, -0.1) is 0 Å². The molecule has 1 aliphatic rings. The molecule has 2 aromatic rings. The van der Waals surface area contributed by atoms with Gasteiger partial charge in [0.1, 0.15) is 5.82 Å². The molecule has 10 heteroatoms. The highest BCUT2D eigenvalue weighted by Gasteiger charge is 2.26. The molecule has 0 bridgehead atoms. The summed E-state index contributed by atoms with van der Waals surface area (Å²) in [7, 11) is -0.248. The second-order valence-electron chi connectivity index (χ2n) is 6.37. The minimum absolute atomic E-state index is 0.0399. The van der Waals surface area contributed by atoms with Crippen LogP contribution in [0.25, 0.3) is 0 Å². The third-order valence-corrected chi connectivity index (χ3v) is 5.82. The van der Waals surface area contributed by atoms with E-state index in [1.54, 1.807) is 37.8 Å². The molecule has 1 atom stereocenters. The maximum absolute atomic E-state index is 12.3. The summed E-state index contributed by atoms with van der Waals surface area (Å²) in [5.41, 5.74) is 0.612. The van der Waals surface area contributed by atoms with Crippen LogP contribution in [-0.2, 0) is 24.1 Å². The molecule has 1 N–H and O–H groups in total. The molecule has 0 amide bonds. The van der Waals surface area contributed by atoms with Gasteiger partial charge in [-0.25, -0.2) is 22.8 Å². The molecule has 1 saturated heterocycles. The fraction of sp³-hybridized carbons (Fsp3) is 0.533. The molecule has 136 valence electrons. The summed E-state index contributed by atoms with van der Waals surface area (Å²) in [6, 6.07) is 1.55. The van der Waals surface area contributed by atoms with E-state index >= 15 is 0 Å². The molecule has 2 aromatic heterocycles. The third kappa shape index (κ3) is 3.74. The zero-order chi connectivity index (χ0) is 18.2. The summed E-state index contributed by atoms with van der Waals surface area (Å²) in [6.07, 6.45) is 4.01. The molecule has 25 heavy (non-hydrogen) atoms. The molecule has 0 aromatic carbocycles. The standard InChI is InChI=1S/C15H22N6O3S/c1-11-18-14(10-19(11)2)25(23,24)17-7-12-4-5-21(9-12)13-6-15(22)20(3)16-8-13/h6,8,10,12,17H,4-5,7,9H2,1-3H3. The molecule has 3 rings (SSSR count). The number of imidazole rings is 1. The van der Waals surface area contributed by atoms with Crippen molar-refractivity contribution in [1.29, 1.82) is 0 Å². The second kappa shape index (κ2) is 6.60. The van der Waals surface area contributed by atoms with E-state index in [1.807, 2.05) is 0 Å². The molecule has 0 aliphatic carbocycles. The average Bonchev–Trinajstić information content (AvgIpc) is 3.16. The fourth-order valence-corrected chi connectivity index (χ4v) is 3.98. The van der Waals surface area contributed by atoms with Crippen LogP contribution in [0, 0.1) is 12.8 Å². The molecule has 9 nitrogen and oxygen atoms in total. The van der Waals surface area contributed by atoms with Gasteiger partial charge in [0, 0.05) is 46.0 Å². The monoisotopic (exact) mass is 366 g/mol. The molecular formula is C15H22N6O3S. The summed E-state index contributed by atoms with van der Waals surface area (Å²) >= 11 is 0. The van der Waals surface area contributed by atoms with Gasteiger partial charge in [-0.3, -0.25) is 4.79 Å². The lowest BCUT2D eigenvalue weighted by molar-refractivity contribution is 0.539. The zero-order valence-electron chi connectivity index (χ0n) is 14.5. The van der Waals surface area contributed by atoms with Gasteiger partial charge >= 0.3 is 0 Å². The van der Waals surface area contributed by atoms with E-state index in [1.165, 1.54) is 10.9 Å². The number of anilines is 1. The van der Waals surface area contributed by atoms with Gasteiger partial charge in [-0.2, -0.15) is 5.10 Å². The molecule has 1 unspecified atom stereocenters. The van der Waals surface area contributed by atoms with Crippen molar-refractivity contribution >= 4 is 15.7 Å². The number of nitrogens with zero attached hydrogens (tertiary/aromatic N) is 5. The van der Waals surface area contributed by atoms with Gasteiger partial charge in [0.2, 0.25) is 0 Å². The van der Waals surface area contributed by atoms with Crippen LogP contribution in [0.1, 0.15) is 12.2 Å². The Bertz CT molecular complexity index is 913. The lowest BCUT2D eigenvalue weighted by Crippen LogP contribution is -2.31. The topological polar surface area (TPSA) is 102 Å². The second-order valence-corrected chi connectivity index (χ2v) is 8.08. The highest BCUT2D eigenvalue weighted by molar-refractivity contribution is 7.89. The Morgan fingerprint density at radius 1 is 1.36 bits per heavy atom. The predicted molar refractivity (Wildman–Crippen MR) is 92.9 cm³/mol. The van der Waals surface area contributed by atoms with E-state index in [4.69, 9.17) is 0 Å². The van der Waals surface area contributed by atoms with Crippen molar-refractivity contribution in [2.24, 2.45) is 20.0 Å². The van der Waals surface area contributed by atoms with Crippen molar-refractivity contribution in [3.63, 3.8) is 0 Å². The molecule has 0 spiro atoms. The smallest absolute Gasteiger partial charge is 0.268 e. The van der Waals surface area contributed by atoms with E-state index in [9.17, 15) is 13.2 Å². The molecule has 0 radical (unpaired) electrons. The number of sulfonamides is 1. The van der Waals surface area contributed by atoms with Crippen LogP contribution in [0.5, 0.6) is 0 Å². The van der Waals surface area contributed by atoms with Crippen LogP contribution < -0.4 is 15.2 Å². The SMILES string of the molecule is Cc1nc(S(=O)(=O)NCC2CCN(c3cnn(C)c(=O)c3)C2)cn1C. The Morgan fingerprint density at radius 2 is 2.12 bits per heavy atom. The van der Waals surface area contributed by atoms with Crippen LogP contribution >= 0.6 is 0 Å². The number of hydrogen-bond acceptors (Lipinski definition) is 6. The molecule has 1 aliphatic heterocycles. The van der Waals surface area contributed by atoms with E-state index in [-0.39, 0.29) is 16.5 Å². The van der Waals surface area contributed by atoms with Gasteiger partial charge in [-0.05, 0) is 19.3 Å². The van der Waals surface area contributed by atoms with Gasteiger partial charge < -0.3 is 9.47 Å². The fourth-order valence-electron chi connectivity index (χ4n) is 2.82. The largest absolute Gasteiger partial charge is 0.370 e. The minimum atomic E-state index is -3.61. The van der Waals surface area contributed by atoms with Crippen molar-refractivity contribution < 1.29 is 8.42 Å². The number of aromatic nitrogens is 4. The first-order valence-electron chi connectivity index (χ1n) is 8.04.